The minimum atomic E-state index is -0.305. The summed E-state index contributed by atoms with van der Waals surface area (Å²) in [6.07, 6.45) is 6.10. The van der Waals surface area contributed by atoms with Gasteiger partial charge in [0.2, 0.25) is 0 Å². The molecule has 2 rings (SSSR count). The highest BCUT2D eigenvalue weighted by Gasteiger charge is 2.26. The Balaban J connectivity index is 2.14. The molecule has 0 aromatic carbocycles. The molecule has 1 aromatic rings. The number of rotatable bonds is 3. The van der Waals surface area contributed by atoms with E-state index in [1.807, 2.05) is 0 Å². The third-order valence-electron chi connectivity index (χ3n) is 3.12. The maximum atomic E-state index is 12.7. The minimum absolute atomic E-state index is 0.0631. The van der Waals surface area contributed by atoms with E-state index in [0.717, 1.165) is 5.69 Å². The fraction of sp³-hybridized carbons (Fsp3) is 0.545. The van der Waals surface area contributed by atoms with Crippen molar-refractivity contribution in [1.29, 1.82) is 0 Å². The molecule has 0 amide bonds. The molecule has 0 radical (unpaired) electrons. The van der Waals surface area contributed by atoms with Crippen molar-refractivity contribution in [1.82, 2.24) is 10.4 Å². The van der Waals surface area contributed by atoms with E-state index in [9.17, 15) is 4.39 Å². The second-order valence-electron chi connectivity index (χ2n) is 4.09. The van der Waals surface area contributed by atoms with Crippen molar-refractivity contribution in [3.8, 4) is 0 Å². The number of aromatic nitrogens is 1. The van der Waals surface area contributed by atoms with Crippen molar-refractivity contribution < 1.29 is 4.39 Å². The summed E-state index contributed by atoms with van der Waals surface area (Å²) < 4.78 is 12.7. The summed E-state index contributed by atoms with van der Waals surface area (Å²) in [6, 6.07) is 3.20. The van der Waals surface area contributed by atoms with E-state index in [0.29, 0.717) is 5.92 Å². The lowest BCUT2D eigenvalue weighted by atomic mass is 9.95. The van der Waals surface area contributed by atoms with Gasteiger partial charge in [0.05, 0.1) is 17.9 Å². The van der Waals surface area contributed by atoms with E-state index >= 15 is 0 Å². The third-order valence-corrected chi connectivity index (χ3v) is 3.12. The topological polar surface area (TPSA) is 50.9 Å². The first-order chi connectivity index (χ1) is 7.31. The van der Waals surface area contributed by atoms with Crippen molar-refractivity contribution >= 4 is 0 Å². The first kappa shape index (κ1) is 10.5. The van der Waals surface area contributed by atoms with Crippen LogP contribution in [-0.2, 0) is 0 Å². The molecule has 0 saturated heterocycles. The Morgan fingerprint density at radius 2 is 2.13 bits per heavy atom. The number of halogens is 1. The van der Waals surface area contributed by atoms with Crippen LogP contribution < -0.4 is 11.3 Å². The van der Waals surface area contributed by atoms with Gasteiger partial charge in [-0.05, 0) is 30.9 Å². The van der Waals surface area contributed by atoms with Gasteiger partial charge in [0.25, 0.3) is 0 Å². The van der Waals surface area contributed by atoms with E-state index in [-0.39, 0.29) is 11.9 Å². The van der Waals surface area contributed by atoms with Gasteiger partial charge in [-0.1, -0.05) is 12.8 Å². The van der Waals surface area contributed by atoms with Crippen molar-refractivity contribution in [2.45, 2.75) is 31.7 Å². The molecule has 3 N–H and O–H groups in total. The fourth-order valence-corrected chi connectivity index (χ4v) is 2.32. The summed E-state index contributed by atoms with van der Waals surface area (Å²) >= 11 is 0. The Morgan fingerprint density at radius 1 is 1.40 bits per heavy atom. The number of pyridine rings is 1. The third kappa shape index (κ3) is 2.33. The molecule has 1 aromatic heterocycles. The van der Waals surface area contributed by atoms with E-state index in [1.165, 1.54) is 37.9 Å². The van der Waals surface area contributed by atoms with E-state index in [4.69, 9.17) is 5.84 Å². The Labute approximate surface area is 88.9 Å². The van der Waals surface area contributed by atoms with Crippen LogP contribution in [0.1, 0.15) is 37.4 Å². The Bertz CT molecular complexity index is 306. The predicted molar refractivity (Wildman–Crippen MR) is 56.2 cm³/mol. The normalized spacial score (nSPS) is 19.3. The maximum absolute atomic E-state index is 12.7. The highest BCUT2D eigenvalue weighted by molar-refractivity contribution is 5.11. The summed E-state index contributed by atoms with van der Waals surface area (Å²) in [7, 11) is 0. The monoisotopic (exact) mass is 209 g/mol. The van der Waals surface area contributed by atoms with Gasteiger partial charge in [-0.15, -0.1) is 0 Å². The molecule has 1 fully saturated rings. The number of hydrazine groups is 1. The first-order valence-electron chi connectivity index (χ1n) is 5.39. The van der Waals surface area contributed by atoms with Crippen molar-refractivity contribution in [2.75, 3.05) is 0 Å². The fourth-order valence-electron chi connectivity index (χ4n) is 2.32. The first-order valence-corrected chi connectivity index (χ1v) is 5.39. The molecule has 1 unspecified atom stereocenters. The average Bonchev–Trinajstić information content (AvgIpc) is 2.75. The van der Waals surface area contributed by atoms with Gasteiger partial charge in [0.1, 0.15) is 5.82 Å². The minimum Gasteiger partial charge on any atom is -0.271 e. The van der Waals surface area contributed by atoms with Crippen LogP contribution in [0.4, 0.5) is 4.39 Å². The quantitative estimate of drug-likeness (QED) is 0.590. The molecule has 4 heteroatoms. The SMILES string of the molecule is NNC(c1ccc(F)cn1)C1CCCC1. The zero-order valence-corrected chi connectivity index (χ0v) is 8.62. The van der Waals surface area contributed by atoms with Crippen molar-refractivity contribution in [3.05, 3.63) is 29.8 Å². The van der Waals surface area contributed by atoms with Crippen LogP contribution in [0.5, 0.6) is 0 Å². The van der Waals surface area contributed by atoms with Gasteiger partial charge >= 0.3 is 0 Å². The van der Waals surface area contributed by atoms with Crippen molar-refractivity contribution in [3.63, 3.8) is 0 Å². The van der Waals surface area contributed by atoms with Crippen LogP contribution in [0.2, 0.25) is 0 Å². The van der Waals surface area contributed by atoms with Crippen LogP contribution in [-0.4, -0.2) is 4.98 Å². The van der Waals surface area contributed by atoms with Crippen molar-refractivity contribution in [2.24, 2.45) is 11.8 Å². The predicted octanol–water partition coefficient (Wildman–Crippen LogP) is 1.92. The van der Waals surface area contributed by atoms with Crippen LogP contribution in [0.25, 0.3) is 0 Å². The molecule has 1 saturated carbocycles. The summed E-state index contributed by atoms with van der Waals surface area (Å²) in [5.41, 5.74) is 3.63. The lowest BCUT2D eigenvalue weighted by molar-refractivity contribution is 0.365. The lowest BCUT2D eigenvalue weighted by Gasteiger charge is -2.21. The van der Waals surface area contributed by atoms with E-state index in [2.05, 4.69) is 10.4 Å². The molecule has 1 atom stereocenters. The lowest BCUT2D eigenvalue weighted by Crippen LogP contribution is -2.33. The number of nitrogens with two attached hydrogens (primary N) is 1. The molecule has 3 nitrogen and oxygen atoms in total. The van der Waals surface area contributed by atoms with Gasteiger partial charge in [0, 0.05) is 0 Å². The maximum Gasteiger partial charge on any atom is 0.141 e. The second-order valence-corrected chi connectivity index (χ2v) is 4.09. The van der Waals surface area contributed by atoms with Gasteiger partial charge < -0.3 is 0 Å². The molecule has 0 aliphatic heterocycles. The highest BCUT2D eigenvalue weighted by atomic mass is 19.1. The molecule has 15 heavy (non-hydrogen) atoms. The van der Waals surface area contributed by atoms with Crippen LogP contribution >= 0.6 is 0 Å². The molecular formula is C11H16FN3. The molecule has 1 aliphatic rings. The number of hydrogen-bond donors (Lipinski definition) is 2. The van der Waals surface area contributed by atoms with E-state index < -0.39 is 0 Å². The largest absolute Gasteiger partial charge is 0.271 e. The molecule has 1 heterocycles. The number of hydrogen-bond acceptors (Lipinski definition) is 3. The van der Waals surface area contributed by atoms with Gasteiger partial charge in [-0.3, -0.25) is 16.3 Å². The summed E-state index contributed by atoms with van der Waals surface area (Å²) in [5, 5.41) is 0. The summed E-state index contributed by atoms with van der Waals surface area (Å²) in [6.45, 7) is 0. The van der Waals surface area contributed by atoms with E-state index in [1.54, 1.807) is 6.07 Å². The van der Waals surface area contributed by atoms with Crippen LogP contribution in [0.15, 0.2) is 18.3 Å². The number of nitrogens with zero attached hydrogens (tertiary/aromatic N) is 1. The Kier molecular flexibility index (Phi) is 3.28. The second kappa shape index (κ2) is 4.68. The molecular weight excluding hydrogens is 193 g/mol. The smallest absolute Gasteiger partial charge is 0.141 e. The Hall–Kier alpha value is -1.00. The molecule has 0 bridgehead atoms. The number of nitrogens with one attached hydrogen (secondary N) is 1. The molecule has 0 spiro atoms. The Morgan fingerprint density at radius 3 is 2.67 bits per heavy atom. The van der Waals surface area contributed by atoms with Crippen LogP contribution in [0, 0.1) is 11.7 Å². The summed E-state index contributed by atoms with van der Waals surface area (Å²) in [5.74, 6) is 5.77. The van der Waals surface area contributed by atoms with Crippen LogP contribution in [0.3, 0.4) is 0 Å². The zero-order valence-electron chi connectivity index (χ0n) is 8.62. The highest BCUT2D eigenvalue weighted by Crippen LogP contribution is 2.34. The molecule has 1 aliphatic carbocycles. The van der Waals surface area contributed by atoms with Gasteiger partial charge in [-0.25, -0.2) is 4.39 Å². The standard InChI is InChI=1S/C11H16FN3/c12-9-5-6-10(14-7-9)11(15-13)8-3-1-2-4-8/h5-8,11,15H,1-4,13H2. The van der Waals surface area contributed by atoms with Gasteiger partial charge in [-0.2, -0.15) is 0 Å². The zero-order chi connectivity index (χ0) is 10.7. The summed E-state index contributed by atoms with van der Waals surface area (Å²) in [4.78, 5) is 4.08. The molecule has 82 valence electrons. The van der Waals surface area contributed by atoms with Gasteiger partial charge in [0.15, 0.2) is 0 Å². The average molecular weight is 209 g/mol.